The monoisotopic (exact) mass is 224 g/mol. The minimum atomic E-state index is -0.319. The number of ether oxygens (including phenoxy) is 1. The normalized spacial score (nSPS) is 22.6. The maximum absolute atomic E-state index is 9.87. The quantitative estimate of drug-likeness (QED) is 0.850. The predicted octanol–water partition coefficient (Wildman–Crippen LogP) is 2.18. The van der Waals surface area contributed by atoms with Gasteiger partial charge in [-0.2, -0.15) is 11.8 Å². The number of hydrogen-bond donors (Lipinski definition) is 1. The highest BCUT2D eigenvalue weighted by molar-refractivity contribution is 7.99. The van der Waals surface area contributed by atoms with Crippen molar-refractivity contribution in [3.05, 3.63) is 30.3 Å². The number of para-hydroxylation sites is 1. The lowest BCUT2D eigenvalue weighted by Crippen LogP contribution is -2.27. The van der Waals surface area contributed by atoms with Gasteiger partial charge in [-0.3, -0.25) is 0 Å². The number of aliphatic hydroxyl groups is 1. The molecule has 1 aliphatic heterocycles. The van der Waals surface area contributed by atoms with E-state index in [-0.39, 0.29) is 6.10 Å². The van der Waals surface area contributed by atoms with Gasteiger partial charge in [-0.15, -0.1) is 0 Å². The fourth-order valence-corrected chi connectivity index (χ4v) is 3.02. The zero-order chi connectivity index (χ0) is 10.5. The Hall–Kier alpha value is -0.670. The van der Waals surface area contributed by atoms with Crippen molar-refractivity contribution in [1.29, 1.82) is 0 Å². The van der Waals surface area contributed by atoms with Crippen molar-refractivity contribution >= 4 is 11.8 Å². The van der Waals surface area contributed by atoms with Crippen LogP contribution in [0.15, 0.2) is 30.3 Å². The van der Waals surface area contributed by atoms with Gasteiger partial charge >= 0.3 is 0 Å². The second-order valence-electron chi connectivity index (χ2n) is 3.82. The molecule has 3 heteroatoms. The lowest BCUT2D eigenvalue weighted by atomic mass is 10.0. The van der Waals surface area contributed by atoms with Crippen molar-refractivity contribution in [3.63, 3.8) is 0 Å². The third-order valence-electron chi connectivity index (χ3n) is 2.67. The molecular formula is C12H16O2S. The van der Waals surface area contributed by atoms with Gasteiger partial charge in [0.25, 0.3) is 0 Å². The lowest BCUT2D eigenvalue weighted by Gasteiger charge is -2.17. The van der Waals surface area contributed by atoms with Crippen molar-refractivity contribution < 1.29 is 9.84 Å². The van der Waals surface area contributed by atoms with E-state index in [4.69, 9.17) is 4.74 Å². The number of benzene rings is 1. The summed E-state index contributed by atoms with van der Waals surface area (Å²) in [6.07, 6.45) is 0.796. The van der Waals surface area contributed by atoms with E-state index < -0.39 is 0 Å². The van der Waals surface area contributed by atoms with Crippen molar-refractivity contribution in [1.82, 2.24) is 0 Å². The van der Waals surface area contributed by atoms with Gasteiger partial charge in [0.05, 0.1) is 6.10 Å². The van der Waals surface area contributed by atoms with Crippen LogP contribution in [0.1, 0.15) is 6.42 Å². The highest BCUT2D eigenvalue weighted by Gasteiger charge is 2.23. The van der Waals surface area contributed by atoms with Crippen molar-refractivity contribution in [2.45, 2.75) is 12.5 Å². The van der Waals surface area contributed by atoms with Crippen molar-refractivity contribution in [2.24, 2.45) is 5.92 Å². The summed E-state index contributed by atoms with van der Waals surface area (Å²) in [4.78, 5) is 0. The first kappa shape index (κ1) is 10.8. The molecule has 2 unspecified atom stereocenters. The van der Waals surface area contributed by atoms with Gasteiger partial charge in [-0.25, -0.2) is 0 Å². The smallest absolute Gasteiger partial charge is 0.119 e. The molecule has 0 radical (unpaired) electrons. The van der Waals surface area contributed by atoms with Gasteiger partial charge < -0.3 is 9.84 Å². The molecule has 1 N–H and O–H groups in total. The highest BCUT2D eigenvalue weighted by atomic mass is 32.2. The standard InChI is InChI=1S/C12H16O2S/c13-12(10-6-7-15-9-10)8-14-11-4-2-1-3-5-11/h1-5,10,12-13H,6-9H2. The molecular weight excluding hydrogens is 208 g/mol. The third kappa shape index (κ3) is 3.14. The van der Waals surface area contributed by atoms with Crippen LogP contribution in [0.5, 0.6) is 5.75 Å². The lowest BCUT2D eigenvalue weighted by molar-refractivity contribution is 0.0663. The molecule has 2 nitrogen and oxygen atoms in total. The minimum Gasteiger partial charge on any atom is -0.491 e. The molecule has 0 aliphatic carbocycles. The van der Waals surface area contributed by atoms with Crippen molar-refractivity contribution in [3.8, 4) is 5.75 Å². The molecule has 15 heavy (non-hydrogen) atoms. The minimum absolute atomic E-state index is 0.319. The number of hydrogen-bond acceptors (Lipinski definition) is 3. The van der Waals surface area contributed by atoms with E-state index in [1.807, 2.05) is 42.1 Å². The molecule has 0 spiro atoms. The molecule has 0 aromatic heterocycles. The Morgan fingerprint density at radius 2 is 2.20 bits per heavy atom. The van der Waals surface area contributed by atoms with Gasteiger partial charge in [0.15, 0.2) is 0 Å². The topological polar surface area (TPSA) is 29.5 Å². The fourth-order valence-electron chi connectivity index (χ4n) is 1.69. The molecule has 1 aliphatic rings. The molecule has 1 aromatic rings. The average molecular weight is 224 g/mol. The van der Waals surface area contributed by atoms with Gasteiger partial charge in [0, 0.05) is 0 Å². The van der Waals surface area contributed by atoms with Crippen LogP contribution in [0.3, 0.4) is 0 Å². The third-order valence-corrected chi connectivity index (χ3v) is 3.86. The van der Waals surface area contributed by atoms with E-state index in [1.54, 1.807) is 0 Å². The first-order valence-corrected chi connectivity index (χ1v) is 6.45. The second-order valence-corrected chi connectivity index (χ2v) is 4.96. The molecule has 1 fully saturated rings. The predicted molar refractivity (Wildman–Crippen MR) is 63.4 cm³/mol. The van der Waals surface area contributed by atoms with Gasteiger partial charge in [0.2, 0.25) is 0 Å². The maximum atomic E-state index is 9.87. The van der Waals surface area contributed by atoms with Crippen LogP contribution in [0.25, 0.3) is 0 Å². The first-order chi connectivity index (χ1) is 7.36. The van der Waals surface area contributed by atoms with E-state index >= 15 is 0 Å². The number of thioether (sulfide) groups is 1. The van der Waals surface area contributed by atoms with Crippen LogP contribution in [-0.4, -0.2) is 29.3 Å². The Balaban J connectivity index is 1.77. The summed E-state index contributed by atoms with van der Waals surface area (Å²) < 4.78 is 5.52. The Morgan fingerprint density at radius 3 is 2.87 bits per heavy atom. The maximum Gasteiger partial charge on any atom is 0.119 e. The molecule has 1 saturated heterocycles. The van der Waals surface area contributed by atoms with Gasteiger partial charge in [-0.1, -0.05) is 18.2 Å². The van der Waals surface area contributed by atoms with E-state index in [9.17, 15) is 5.11 Å². The van der Waals surface area contributed by atoms with Crippen LogP contribution >= 0.6 is 11.8 Å². The average Bonchev–Trinajstić information content (AvgIpc) is 2.81. The Labute approximate surface area is 94.6 Å². The summed E-state index contributed by atoms with van der Waals surface area (Å²) in [5.41, 5.74) is 0. The zero-order valence-electron chi connectivity index (χ0n) is 8.63. The molecule has 0 amide bonds. The van der Waals surface area contributed by atoms with Crippen LogP contribution in [0.2, 0.25) is 0 Å². The fraction of sp³-hybridized carbons (Fsp3) is 0.500. The zero-order valence-corrected chi connectivity index (χ0v) is 9.45. The Bertz CT molecular complexity index is 283. The van der Waals surface area contributed by atoms with Crippen molar-refractivity contribution in [2.75, 3.05) is 18.1 Å². The Morgan fingerprint density at radius 1 is 1.40 bits per heavy atom. The van der Waals surface area contributed by atoms with Gasteiger partial charge in [0.1, 0.15) is 12.4 Å². The van der Waals surface area contributed by atoms with Crippen LogP contribution < -0.4 is 4.74 Å². The molecule has 82 valence electrons. The van der Waals surface area contributed by atoms with Crippen LogP contribution in [0, 0.1) is 5.92 Å². The molecule has 2 atom stereocenters. The van der Waals surface area contributed by atoms with E-state index in [0.29, 0.717) is 12.5 Å². The van der Waals surface area contributed by atoms with E-state index in [2.05, 4.69) is 0 Å². The number of rotatable bonds is 4. The molecule has 2 rings (SSSR count). The SMILES string of the molecule is OC(COc1ccccc1)C1CCSC1. The number of aliphatic hydroxyl groups excluding tert-OH is 1. The molecule has 1 aromatic carbocycles. The summed E-state index contributed by atoms with van der Waals surface area (Å²) >= 11 is 1.92. The summed E-state index contributed by atoms with van der Waals surface area (Å²) in [6.45, 7) is 0.412. The van der Waals surface area contributed by atoms with Gasteiger partial charge in [-0.05, 0) is 36.0 Å². The highest BCUT2D eigenvalue weighted by Crippen LogP contribution is 2.26. The molecule has 0 bridgehead atoms. The molecule has 1 heterocycles. The van der Waals surface area contributed by atoms with Crippen LogP contribution in [-0.2, 0) is 0 Å². The Kier molecular flexibility index (Phi) is 3.92. The summed E-state index contributed by atoms with van der Waals surface area (Å²) in [6, 6.07) is 9.66. The van der Waals surface area contributed by atoms with E-state index in [0.717, 1.165) is 17.9 Å². The van der Waals surface area contributed by atoms with E-state index in [1.165, 1.54) is 5.75 Å². The molecule has 0 saturated carbocycles. The summed E-state index contributed by atoms with van der Waals surface area (Å²) in [5.74, 6) is 3.49. The summed E-state index contributed by atoms with van der Waals surface area (Å²) in [5, 5.41) is 9.87. The second kappa shape index (κ2) is 5.42. The van der Waals surface area contributed by atoms with Crippen LogP contribution in [0.4, 0.5) is 0 Å². The summed E-state index contributed by atoms with van der Waals surface area (Å²) in [7, 11) is 0. The largest absolute Gasteiger partial charge is 0.491 e. The first-order valence-electron chi connectivity index (χ1n) is 5.30.